The molecule has 11 nitrogen and oxygen atoms in total. The third-order valence-electron chi connectivity index (χ3n) is 6.23. The highest BCUT2D eigenvalue weighted by atomic mass is 32.2. The molecule has 5 amide bonds. The molecule has 2 aromatic rings. The van der Waals surface area contributed by atoms with Crippen molar-refractivity contribution < 1.29 is 37.1 Å². The van der Waals surface area contributed by atoms with Crippen molar-refractivity contribution >= 4 is 45.1 Å². The summed E-state index contributed by atoms with van der Waals surface area (Å²) in [5.74, 6) is -2.42. The summed E-state index contributed by atoms with van der Waals surface area (Å²) in [5, 5.41) is 4.92. The molecule has 2 aliphatic rings. The smallest absolute Gasteiger partial charge is 0.266 e. The van der Waals surface area contributed by atoms with Crippen molar-refractivity contribution in [2.24, 2.45) is 0 Å². The van der Waals surface area contributed by atoms with Crippen LogP contribution in [0, 0.1) is 0 Å². The van der Waals surface area contributed by atoms with Gasteiger partial charge in [-0.3, -0.25) is 34.2 Å². The van der Waals surface area contributed by atoms with E-state index in [-0.39, 0.29) is 54.4 Å². The molecule has 0 spiro atoms. The molecular formula is C26H27N3O8S. The number of amides is 5. The number of nitrogens with zero attached hydrogens (tertiary/aromatic N) is 1. The van der Waals surface area contributed by atoms with Gasteiger partial charge in [0.05, 0.1) is 23.5 Å². The number of fused-ring (bicyclic) bond motifs is 1. The summed E-state index contributed by atoms with van der Waals surface area (Å²) in [6.45, 7) is 0.105. The van der Waals surface area contributed by atoms with E-state index >= 15 is 0 Å². The first kappa shape index (κ1) is 27.0. The van der Waals surface area contributed by atoms with Gasteiger partial charge < -0.3 is 10.1 Å². The maximum atomic E-state index is 13.1. The summed E-state index contributed by atoms with van der Waals surface area (Å²) in [6.07, 6.45) is 2.14. The van der Waals surface area contributed by atoms with E-state index in [2.05, 4.69) is 10.6 Å². The second-order valence-electron chi connectivity index (χ2n) is 9.20. The minimum atomic E-state index is -3.05. The Morgan fingerprint density at radius 1 is 1.08 bits per heavy atom. The average molecular weight is 542 g/mol. The van der Waals surface area contributed by atoms with Crippen LogP contribution in [0.2, 0.25) is 0 Å². The van der Waals surface area contributed by atoms with Crippen LogP contribution in [-0.2, 0) is 30.6 Å². The van der Waals surface area contributed by atoms with E-state index in [1.54, 1.807) is 36.4 Å². The van der Waals surface area contributed by atoms with Crippen LogP contribution in [0.3, 0.4) is 0 Å². The maximum absolute atomic E-state index is 13.1. The van der Waals surface area contributed by atoms with Gasteiger partial charge in [-0.2, -0.15) is 0 Å². The number of imide groups is 2. The summed E-state index contributed by atoms with van der Waals surface area (Å²) in [4.78, 5) is 62.8. The van der Waals surface area contributed by atoms with E-state index in [1.165, 1.54) is 12.3 Å². The Labute approximate surface area is 219 Å². The number of carbonyl (C=O) groups excluding carboxylic acids is 5. The molecule has 2 aliphatic heterocycles. The van der Waals surface area contributed by atoms with Crippen LogP contribution in [0.1, 0.15) is 52.0 Å². The topological polar surface area (TPSA) is 156 Å². The number of sulfone groups is 1. The van der Waals surface area contributed by atoms with Crippen LogP contribution >= 0.6 is 0 Å². The largest absolute Gasteiger partial charge is 0.493 e. The number of hydrogen-bond donors (Lipinski definition) is 2. The third-order valence-corrected chi connectivity index (χ3v) is 7.18. The molecule has 0 aromatic heterocycles. The SMILES string of the molecule is CS(=O)(=O)CCc1ccc(NC(=O)CCCOc2cccc3c2C(=O)N(C2CCC(=O)NC2=O)C3=O)cc1. The number of nitrogens with one attached hydrogen (secondary N) is 2. The summed E-state index contributed by atoms with van der Waals surface area (Å²) < 4.78 is 28.3. The van der Waals surface area contributed by atoms with E-state index < -0.39 is 39.5 Å². The molecule has 2 aromatic carbocycles. The number of rotatable bonds is 10. The van der Waals surface area contributed by atoms with Crippen molar-refractivity contribution in [1.82, 2.24) is 10.2 Å². The van der Waals surface area contributed by atoms with Crippen molar-refractivity contribution in [1.29, 1.82) is 0 Å². The van der Waals surface area contributed by atoms with Gasteiger partial charge in [0.2, 0.25) is 17.7 Å². The number of hydrogen-bond acceptors (Lipinski definition) is 8. The molecular weight excluding hydrogens is 514 g/mol. The Kier molecular flexibility index (Phi) is 7.91. The quantitative estimate of drug-likeness (QED) is 0.338. The third kappa shape index (κ3) is 6.25. The van der Waals surface area contributed by atoms with Crippen molar-refractivity contribution in [3.8, 4) is 5.75 Å². The number of ether oxygens (including phenoxy) is 1. The van der Waals surface area contributed by atoms with Crippen molar-refractivity contribution in [3.63, 3.8) is 0 Å². The van der Waals surface area contributed by atoms with Gasteiger partial charge >= 0.3 is 0 Å². The van der Waals surface area contributed by atoms with Gasteiger partial charge in [0, 0.05) is 24.8 Å². The van der Waals surface area contributed by atoms with Gasteiger partial charge in [-0.05, 0) is 49.1 Å². The van der Waals surface area contributed by atoms with Crippen molar-refractivity contribution in [2.75, 3.05) is 23.9 Å². The molecule has 38 heavy (non-hydrogen) atoms. The monoisotopic (exact) mass is 541 g/mol. The van der Waals surface area contributed by atoms with E-state index in [4.69, 9.17) is 4.74 Å². The zero-order chi connectivity index (χ0) is 27.4. The average Bonchev–Trinajstić information content (AvgIpc) is 3.11. The number of aryl methyl sites for hydroxylation is 1. The Morgan fingerprint density at radius 3 is 2.50 bits per heavy atom. The highest BCUT2D eigenvalue weighted by molar-refractivity contribution is 7.90. The lowest BCUT2D eigenvalue weighted by molar-refractivity contribution is -0.136. The first-order chi connectivity index (χ1) is 18.0. The predicted octanol–water partition coefficient (Wildman–Crippen LogP) is 1.47. The molecule has 1 unspecified atom stereocenters. The fourth-order valence-corrected chi connectivity index (χ4v) is 4.91. The Bertz CT molecular complexity index is 1400. The molecule has 0 bridgehead atoms. The minimum absolute atomic E-state index is 0.0303. The van der Waals surface area contributed by atoms with E-state index in [0.29, 0.717) is 18.5 Å². The van der Waals surface area contributed by atoms with Gasteiger partial charge in [-0.15, -0.1) is 0 Å². The summed E-state index contributed by atoms with van der Waals surface area (Å²) in [7, 11) is -3.05. The highest BCUT2D eigenvalue weighted by Gasteiger charge is 2.45. The van der Waals surface area contributed by atoms with Crippen LogP contribution in [0.15, 0.2) is 42.5 Å². The van der Waals surface area contributed by atoms with Crippen LogP contribution in [-0.4, -0.2) is 67.5 Å². The van der Waals surface area contributed by atoms with Gasteiger partial charge in [0.15, 0.2) is 0 Å². The van der Waals surface area contributed by atoms with Crippen LogP contribution in [0.4, 0.5) is 5.69 Å². The molecule has 1 saturated heterocycles. The molecule has 1 atom stereocenters. The Balaban J connectivity index is 1.29. The van der Waals surface area contributed by atoms with Crippen molar-refractivity contribution in [3.05, 3.63) is 59.2 Å². The second-order valence-corrected chi connectivity index (χ2v) is 11.5. The number of piperidine rings is 1. The van der Waals surface area contributed by atoms with Crippen LogP contribution in [0.25, 0.3) is 0 Å². The standard InChI is InChI=1S/C26H27N3O8S/c1-38(35,36)15-13-16-7-9-17(10-8-16)27-21(30)6-3-14-37-20-5-2-4-18-23(20)26(34)29(25(18)33)19-11-12-22(31)28-24(19)32/h2,4-5,7-10,19H,3,6,11-15H2,1H3,(H,27,30)(H,28,31,32). The first-order valence-electron chi connectivity index (χ1n) is 12.1. The fraction of sp³-hybridized carbons (Fsp3) is 0.346. The molecule has 12 heteroatoms. The fourth-order valence-electron chi connectivity index (χ4n) is 4.30. The van der Waals surface area contributed by atoms with E-state index in [0.717, 1.165) is 10.5 Å². The zero-order valence-corrected chi connectivity index (χ0v) is 21.5. The van der Waals surface area contributed by atoms with Gasteiger partial charge in [0.1, 0.15) is 21.6 Å². The van der Waals surface area contributed by atoms with Crippen LogP contribution in [0.5, 0.6) is 5.75 Å². The number of carbonyl (C=O) groups is 5. The maximum Gasteiger partial charge on any atom is 0.266 e. The molecule has 0 saturated carbocycles. The molecule has 0 aliphatic carbocycles. The molecule has 0 radical (unpaired) electrons. The minimum Gasteiger partial charge on any atom is -0.493 e. The lowest BCUT2D eigenvalue weighted by Crippen LogP contribution is -2.54. The molecule has 200 valence electrons. The Hall–Kier alpha value is -4.06. The highest BCUT2D eigenvalue weighted by Crippen LogP contribution is 2.33. The molecule has 1 fully saturated rings. The van der Waals surface area contributed by atoms with Gasteiger partial charge in [-0.1, -0.05) is 18.2 Å². The normalized spacial score (nSPS) is 17.3. The summed E-state index contributed by atoms with van der Waals surface area (Å²) in [6, 6.07) is 10.5. The summed E-state index contributed by atoms with van der Waals surface area (Å²) in [5.41, 5.74) is 1.61. The zero-order valence-electron chi connectivity index (χ0n) is 20.7. The van der Waals surface area contributed by atoms with E-state index in [9.17, 15) is 32.4 Å². The molecule has 2 heterocycles. The molecule has 2 N–H and O–H groups in total. The Morgan fingerprint density at radius 2 is 1.82 bits per heavy atom. The van der Waals surface area contributed by atoms with Gasteiger partial charge in [-0.25, -0.2) is 8.42 Å². The first-order valence-corrected chi connectivity index (χ1v) is 14.1. The molecule has 4 rings (SSSR count). The van der Waals surface area contributed by atoms with Gasteiger partial charge in [0.25, 0.3) is 11.8 Å². The van der Waals surface area contributed by atoms with E-state index in [1.807, 2.05) is 0 Å². The second kappa shape index (κ2) is 11.1. The number of benzene rings is 2. The lowest BCUT2D eigenvalue weighted by atomic mass is 10.0. The lowest BCUT2D eigenvalue weighted by Gasteiger charge is -2.27. The summed E-state index contributed by atoms with van der Waals surface area (Å²) >= 11 is 0. The van der Waals surface area contributed by atoms with Crippen molar-refractivity contribution in [2.45, 2.75) is 38.1 Å². The predicted molar refractivity (Wildman–Crippen MR) is 136 cm³/mol. The number of anilines is 1. The van der Waals surface area contributed by atoms with Crippen LogP contribution < -0.4 is 15.4 Å².